The molecule has 0 aliphatic carbocycles. The number of carbonyl (C=O) groups is 1. The lowest BCUT2D eigenvalue weighted by molar-refractivity contribution is -0.127. The number of aromatic amines is 1. The van der Waals surface area contributed by atoms with Crippen LogP contribution in [-0.4, -0.2) is 57.7 Å². The van der Waals surface area contributed by atoms with Gasteiger partial charge in [-0.1, -0.05) is 0 Å². The Morgan fingerprint density at radius 1 is 1.40 bits per heavy atom. The maximum Gasteiger partial charge on any atom is 0.241 e. The van der Waals surface area contributed by atoms with Crippen LogP contribution in [-0.2, 0) is 4.79 Å². The molecular formula is C11H16N8O. The molecule has 0 spiro atoms. The molecule has 0 unspecified atom stereocenters. The van der Waals surface area contributed by atoms with Crippen LogP contribution in [0.4, 0.5) is 11.8 Å². The summed E-state index contributed by atoms with van der Waals surface area (Å²) in [5.41, 5.74) is 3.02. The van der Waals surface area contributed by atoms with E-state index >= 15 is 0 Å². The maximum atomic E-state index is 12.0. The van der Waals surface area contributed by atoms with Gasteiger partial charge in [0.25, 0.3) is 0 Å². The number of H-pyrrole nitrogens is 1. The SMILES string of the molecule is CN1CCCN(c2nc(NN)nc3[nH]ncc23)CC1=O. The van der Waals surface area contributed by atoms with Gasteiger partial charge in [-0.05, 0) is 6.42 Å². The third-order valence-electron chi connectivity index (χ3n) is 3.39. The number of hydrogen-bond acceptors (Lipinski definition) is 7. The molecule has 0 aromatic carbocycles. The lowest BCUT2D eigenvalue weighted by Crippen LogP contribution is -2.35. The van der Waals surface area contributed by atoms with Crippen LogP contribution in [0.2, 0.25) is 0 Å². The van der Waals surface area contributed by atoms with Crippen LogP contribution in [0.3, 0.4) is 0 Å². The fraction of sp³-hybridized carbons (Fsp3) is 0.455. The smallest absolute Gasteiger partial charge is 0.241 e. The minimum Gasteiger partial charge on any atom is -0.346 e. The van der Waals surface area contributed by atoms with E-state index in [0.717, 1.165) is 24.9 Å². The lowest BCUT2D eigenvalue weighted by Gasteiger charge is -2.21. The Kier molecular flexibility index (Phi) is 3.11. The number of nitrogen functional groups attached to an aromatic ring is 1. The van der Waals surface area contributed by atoms with Crippen LogP contribution >= 0.6 is 0 Å². The van der Waals surface area contributed by atoms with E-state index in [4.69, 9.17) is 5.84 Å². The average molecular weight is 276 g/mol. The Hall–Kier alpha value is -2.42. The molecule has 20 heavy (non-hydrogen) atoms. The van der Waals surface area contributed by atoms with E-state index in [1.807, 2.05) is 11.9 Å². The molecule has 9 nitrogen and oxygen atoms in total. The van der Waals surface area contributed by atoms with Gasteiger partial charge in [-0.3, -0.25) is 15.3 Å². The zero-order chi connectivity index (χ0) is 14.1. The molecule has 1 saturated heterocycles. The summed E-state index contributed by atoms with van der Waals surface area (Å²) in [6.45, 7) is 1.78. The Bertz CT molecular complexity index is 638. The molecule has 0 atom stereocenters. The summed E-state index contributed by atoms with van der Waals surface area (Å²) in [6.07, 6.45) is 2.54. The highest BCUT2D eigenvalue weighted by Gasteiger charge is 2.22. The quantitative estimate of drug-likeness (QED) is 0.491. The molecule has 1 fully saturated rings. The van der Waals surface area contributed by atoms with Gasteiger partial charge in [0.1, 0.15) is 5.82 Å². The van der Waals surface area contributed by atoms with Crippen LogP contribution in [0.5, 0.6) is 0 Å². The second-order valence-electron chi connectivity index (χ2n) is 4.74. The number of amides is 1. The van der Waals surface area contributed by atoms with Crippen molar-refractivity contribution in [1.82, 2.24) is 25.1 Å². The topological polar surface area (TPSA) is 116 Å². The van der Waals surface area contributed by atoms with Gasteiger partial charge in [-0.25, -0.2) is 5.84 Å². The number of anilines is 2. The molecule has 1 aliphatic heterocycles. The summed E-state index contributed by atoms with van der Waals surface area (Å²) in [6, 6.07) is 0. The number of nitrogens with one attached hydrogen (secondary N) is 2. The van der Waals surface area contributed by atoms with Gasteiger partial charge in [0.2, 0.25) is 11.9 Å². The van der Waals surface area contributed by atoms with E-state index in [9.17, 15) is 4.79 Å². The van der Waals surface area contributed by atoms with Crippen molar-refractivity contribution >= 4 is 28.7 Å². The second kappa shape index (κ2) is 4.93. The predicted molar refractivity (Wildman–Crippen MR) is 74.0 cm³/mol. The van der Waals surface area contributed by atoms with Crippen molar-refractivity contribution in [2.45, 2.75) is 6.42 Å². The Morgan fingerprint density at radius 2 is 2.25 bits per heavy atom. The van der Waals surface area contributed by atoms with Crippen molar-refractivity contribution in [3.63, 3.8) is 0 Å². The number of rotatable bonds is 2. The third kappa shape index (κ3) is 2.11. The molecule has 2 aromatic rings. The minimum absolute atomic E-state index is 0.0695. The summed E-state index contributed by atoms with van der Waals surface area (Å²) >= 11 is 0. The highest BCUT2D eigenvalue weighted by atomic mass is 16.2. The molecule has 3 heterocycles. The van der Waals surface area contributed by atoms with Crippen molar-refractivity contribution in [3.05, 3.63) is 6.20 Å². The molecule has 106 valence electrons. The lowest BCUT2D eigenvalue weighted by atomic mass is 10.3. The number of nitrogens with two attached hydrogens (primary N) is 1. The van der Waals surface area contributed by atoms with Crippen molar-refractivity contribution < 1.29 is 4.79 Å². The van der Waals surface area contributed by atoms with Gasteiger partial charge >= 0.3 is 0 Å². The first-order valence-electron chi connectivity index (χ1n) is 6.35. The zero-order valence-corrected chi connectivity index (χ0v) is 11.1. The Morgan fingerprint density at radius 3 is 3.05 bits per heavy atom. The van der Waals surface area contributed by atoms with Crippen molar-refractivity contribution in [1.29, 1.82) is 0 Å². The zero-order valence-electron chi connectivity index (χ0n) is 11.1. The van der Waals surface area contributed by atoms with E-state index in [0.29, 0.717) is 17.4 Å². The first-order valence-corrected chi connectivity index (χ1v) is 6.35. The summed E-state index contributed by atoms with van der Waals surface area (Å²) in [5.74, 6) is 6.42. The molecule has 0 bridgehead atoms. The van der Waals surface area contributed by atoms with E-state index in [1.165, 1.54) is 0 Å². The van der Waals surface area contributed by atoms with Crippen LogP contribution in [0.15, 0.2) is 6.20 Å². The summed E-state index contributed by atoms with van der Waals surface area (Å²) in [5, 5.41) is 7.54. The fourth-order valence-corrected chi connectivity index (χ4v) is 2.29. The van der Waals surface area contributed by atoms with Crippen molar-refractivity contribution in [2.75, 3.05) is 37.0 Å². The number of hydrogen-bond donors (Lipinski definition) is 3. The van der Waals surface area contributed by atoms with Gasteiger partial charge in [0.15, 0.2) is 5.65 Å². The van der Waals surface area contributed by atoms with E-state index in [1.54, 1.807) is 11.1 Å². The highest BCUT2D eigenvalue weighted by Crippen LogP contribution is 2.24. The molecule has 0 saturated carbocycles. The van der Waals surface area contributed by atoms with Crippen LogP contribution in [0.1, 0.15) is 6.42 Å². The molecule has 0 radical (unpaired) electrons. The number of likely N-dealkylation sites (N-methyl/N-ethyl adjacent to an activating group) is 1. The van der Waals surface area contributed by atoms with Gasteiger partial charge in [-0.2, -0.15) is 15.1 Å². The third-order valence-corrected chi connectivity index (χ3v) is 3.39. The van der Waals surface area contributed by atoms with Gasteiger partial charge in [0, 0.05) is 20.1 Å². The molecule has 2 aromatic heterocycles. The summed E-state index contributed by atoms with van der Waals surface area (Å²) < 4.78 is 0. The van der Waals surface area contributed by atoms with Crippen molar-refractivity contribution in [3.8, 4) is 0 Å². The van der Waals surface area contributed by atoms with Gasteiger partial charge < -0.3 is 9.80 Å². The number of carbonyl (C=O) groups excluding carboxylic acids is 1. The molecule has 1 amide bonds. The molecule has 9 heteroatoms. The number of nitrogens with zero attached hydrogens (tertiary/aromatic N) is 5. The second-order valence-corrected chi connectivity index (χ2v) is 4.74. The van der Waals surface area contributed by atoms with E-state index < -0.39 is 0 Å². The first-order chi connectivity index (χ1) is 9.69. The van der Waals surface area contributed by atoms with Crippen LogP contribution < -0.4 is 16.2 Å². The first kappa shape index (κ1) is 12.6. The number of fused-ring (bicyclic) bond motifs is 1. The monoisotopic (exact) mass is 276 g/mol. The Balaban J connectivity index is 2.03. The summed E-state index contributed by atoms with van der Waals surface area (Å²) in [7, 11) is 1.81. The number of hydrazine groups is 1. The molecular weight excluding hydrogens is 260 g/mol. The van der Waals surface area contributed by atoms with Crippen LogP contribution in [0, 0.1) is 0 Å². The Labute approximate surface area is 115 Å². The molecule has 4 N–H and O–H groups in total. The summed E-state index contributed by atoms with van der Waals surface area (Å²) in [4.78, 5) is 24.2. The maximum absolute atomic E-state index is 12.0. The van der Waals surface area contributed by atoms with Crippen molar-refractivity contribution in [2.24, 2.45) is 5.84 Å². The van der Waals surface area contributed by atoms with E-state index in [-0.39, 0.29) is 12.5 Å². The average Bonchev–Trinajstić information content (AvgIpc) is 2.86. The number of aromatic nitrogens is 4. The fourth-order valence-electron chi connectivity index (χ4n) is 2.29. The van der Waals surface area contributed by atoms with Gasteiger partial charge in [-0.15, -0.1) is 0 Å². The molecule has 1 aliphatic rings. The standard InChI is InChI=1S/C11H16N8O/c1-18-3-2-4-19(6-8(18)20)10-7-5-13-17-9(7)14-11(15-10)16-12/h5H,2-4,6,12H2,1H3,(H2,13,14,15,16,17). The highest BCUT2D eigenvalue weighted by molar-refractivity contribution is 5.90. The van der Waals surface area contributed by atoms with Gasteiger partial charge in [0.05, 0.1) is 18.1 Å². The molecule has 3 rings (SSSR count). The largest absolute Gasteiger partial charge is 0.346 e. The van der Waals surface area contributed by atoms with E-state index in [2.05, 4.69) is 25.6 Å². The predicted octanol–water partition coefficient (Wildman–Crippen LogP) is -0.693. The van der Waals surface area contributed by atoms with Crippen LogP contribution in [0.25, 0.3) is 11.0 Å². The normalized spacial score (nSPS) is 16.6. The minimum atomic E-state index is 0.0695.